The van der Waals surface area contributed by atoms with Gasteiger partial charge in [-0.25, -0.2) is 18.1 Å². The van der Waals surface area contributed by atoms with Crippen LogP contribution < -0.4 is 10.0 Å². The Labute approximate surface area is 155 Å². The predicted molar refractivity (Wildman–Crippen MR) is 99.2 cm³/mol. The first-order valence-electron chi connectivity index (χ1n) is 8.08. The van der Waals surface area contributed by atoms with Crippen LogP contribution in [-0.2, 0) is 10.0 Å². The number of anilines is 1. The number of benzene rings is 1. The molecular weight excluding hydrogens is 372 g/mol. The van der Waals surface area contributed by atoms with Crippen molar-refractivity contribution in [3.8, 4) is 0 Å². The zero-order valence-corrected chi connectivity index (χ0v) is 15.5. The number of fused-ring (bicyclic) bond motifs is 1. The molecular formula is C16H18N6O4S. The van der Waals surface area contributed by atoms with E-state index in [1.165, 1.54) is 0 Å². The van der Waals surface area contributed by atoms with Crippen molar-refractivity contribution >= 4 is 27.3 Å². The van der Waals surface area contributed by atoms with Crippen molar-refractivity contribution < 1.29 is 13.3 Å². The Morgan fingerprint density at radius 1 is 1.19 bits per heavy atom. The van der Waals surface area contributed by atoms with Gasteiger partial charge < -0.3 is 15.4 Å². The summed E-state index contributed by atoms with van der Waals surface area (Å²) in [5, 5.41) is 18.0. The summed E-state index contributed by atoms with van der Waals surface area (Å²) in [7, 11) is -3.63. The molecule has 0 aliphatic carbocycles. The molecule has 2 heterocycles. The lowest BCUT2D eigenvalue weighted by Crippen LogP contribution is -2.29. The molecule has 142 valence electrons. The van der Waals surface area contributed by atoms with Crippen LogP contribution >= 0.6 is 0 Å². The van der Waals surface area contributed by atoms with Gasteiger partial charge in [-0.3, -0.25) is 0 Å². The van der Waals surface area contributed by atoms with Crippen molar-refractivity contribution in [2.45, 2.75) is 18.7 Å². The number of imidazole rings is 1. The van der Waals surface area contributed by atoms with Crippen LogP contribution in [0.1, 0.15) is 11.1 Å². The Morgan fingerprint density at radius 2 is 1.96 bits per heavy atom. The summed E-state index contributed by atoms with van der Waals surface area (Å²) in [6.45, 7) is 3.95. The second-order valence-corrected chi connectivity index (χ2v) is 7.69. The zero-order valence-electron chi connectivity index (χ0n) is 14.7. The number of nitrogens with one attached hydrogen (secondary N) is 2. The number of hydrogen-bond donors (Lipinski definition) is 2. The van der Waals surface area contributed by atoms with Gasteiger partial charge in [-0.2, -0.15) is 0 Å². The Balaban J connectivity index is 1.64. The van der Waals surface area contributed by atoms with Gasteiger partial charge in [0.25, 0.3) is 0 Å². The molecule has 3 rings (SSSR count). The third-order valence-corrected chi connectivity index (χ3v) is 5.49. The number of nitro groups is 1. The van der Waals surface area contributed by atoms with Crippen molar-refractivity contribution in [2.75, 3.05) is 18.4 Å². The van der Waals surface area contributed by atoms with E-state index in [0.29, 0.717) is 17.0 Å². The Kier molecular flexibility index (Phi) is 5.06. The van der Waals surface area contributed by atoms with Gasteiger partial charge in [0.15, 0.2) is 5.82 Å². The maximum atomic E-state index is 12.4. The average molecular weight is 390 g/mol. The normalized spacial score (nSPS) is 11.6. The van der Waals surface area contributed by atoms with Crippen molar-refractivity contribution in [3.63, 3.8) is 0 Å². The summed E-state index contributed by atoms with van der Waals surface area (Å²) in [5.74, 6) is 0.124. The highest BCUT2D eigenvalue weighted by Gasteiger charge is 2.17. The van der Waals surface area contributed by atoms with E-state index < -0.39 is 14.9 Å². The summed E-state index contributed by atoms with van der Waals surface area (Å²) in [6.07, 6.45) is 1.13. The van der Waals surface area contributed by atoms with Gasteiger partial charge in [0.05, 0.1) is 4.90 Å². The van der Waals surface area contributed by atoms with Gasteiger partial charge in [-0.15, -0.1) is 0 Å². The summed E-state index contributed by atoms with van der Waals surface area (Å²) in [6, 6.07) is 8.44. The highest BCUT2D eigenvalue weighted by Crippen LogP contribution is 2.17. The number of rotatable bonds is 7. The molecule has 0 radical (unpaired) electrons. The summed E-state index contributed by atoms with van der Waals surface area (Å²) >= 11 is 0. The largest absolute Gasteiger partial charge is 0.368 e. The van der Waals surface area contributed by atoms with Crippen LogP contribution in [0, 0.1) is 24.0 Å². The van der Waals surface area contributed by atoms with E-state index in [1.807, 2.05) is 13.0 Å². The fourth-order valence-electron chi connectivity index (χ4n) is 2.53. The molecule has 11 heteroatoms. The fourth-order valence-corrected chi connectivity index (χ4v) is 3.89. The number of aromatic nitrogens is 3. The Morgan fingerprint density at radius 3 is 2.70 bits per heavy atom. The average Bonchev–Trinajstić information content (AvgIpc) is 3.04. The van der Waals surface area contributed by atoms with E-state index in [9.17, 15) is 18.5 Å². The lowest BCUT2D eigenvalue weighted by molar-refractivity contribution is -0.391. The predicted octanol–water partition coefficient (Wildman–Crippen LogP) is 1.64. The number of hydrogen-bond acceptors (Lipinski definition) is 7. The summed E-state index contributed by atoms with van der Waals surface area (Å²) in [4.78, 5) is 14.5. The van der Waals surface area contributed by atoms with Crippen LogP contribution in [0.3, 0.4) is 0 Å². The van der Waals surface area contributed by atoms with Crippen LogP contribution in [0.5, 0.6) is 0 Å². The molecule has 0 atom stereocenters. The van der Waals surface area contributed by atoms with Crippen LogP contribution in [0.2, 0.25) is 0 Å². The van der Waals surface area contributed by atoms with Crippen molar-refractivity contribution in [3.05, 3.63) is 57.8 Å². The monoisotopic (exact) mass is 390 g/mol. The molecule has 0 aliphatic heterocycles. The minimum absolute atomic E-state index is 0.126. The van der Waals surface area contributed by atoms with Gasteiger partial charge in [0.1, 0.15) is 6.20 Å². The third kappa shape index (κ3) is 4.04. The second kappa shape index (κ2) is 7.29. The first-order valence-corrected chi connectivity index (χ1v) is 9.56. The van der Waals surface area contributed by atoms with Crippen LogP contribution in [-0.4, -0.2) is 41.0 Å². The molecule has 0 amide bonds. The standard InChI is InChI=1S/C16H18N6O4S/c1-11-3-4-12(2)13(9-11)27(25,26)19-8-7-17-14-5-6-15-18-10-16(22(23)24)21(15)20-14/h3-6,9-10,19H,7-8H2,1-2H3,(H,17,20). The maximum Gasteiger partial charge on any atom is 0.368 e. The van der Waals surface area contributed by atoms with Crippen molar-refractivity contribution in [1.82, 2.24) is 19.3 Å². The quantitative estimate of drug-likeness (QED) is 0.356. The molecule has 0 aliphatic rings. The van der Waals surface area contributed by atoms with E-state index in [2.05, 4.69) is 20.1 Å². The van der Waals surface area contributed by atoms with Crippen molar-refractivity contribution in [2.24, 2.45) is 0 Å². The highest BCUT2D eigenvalue weighted by atomic mass is 32.2. The molecule has 2 aromatic heterocycles. The maximum absolute atomic E-state index is 12.4. The lowest BCUT2D eigenvalue weighted by atomic mass is 10.2. The van der Waals surface area contributed by atoms with Gasteiger partial charge in [0, 0.05) is 19.2 Å². The number of nitrogens with zero attached hydrogens (tertiary/aromatic N) is 4. The van der Waals surface area contributed by atoms with Crippen molar-refractivity contribution in [1.29, 1.82) is 0 Å². The molecule has 10 nitrogen and oxygen atoms in total. The Bertz CT molecular complexity index is 1110. The molecule has 2 N–H and O–H groups in total. The lowest BCUT2D eigenvalue weighted by Gasteiger charge is -2.10. The first kappa shape index (κ1) is 18.7. The van der Waals surface area contributed by atoms with E-state index in [1.54, 1.807) is 31.2 Å². The SMILES string of the molecule is Cc1ccc(C)c(S(=O)(=O)NCCNc2ccc3ncc([N+](=O)[O-])n3n2)c1. The van der Waals surface area contributed by atoms with Gasteiger partial charge in [-0.1, -0.05) is 21.7 Å². The molecule has 0 saturated heterocycles. The highest BCUT2D eigenvalue weighted by molar-refractivity contribution is 7.89. The zero-order chi connectivity index (χ0) is 19.6. The molecule has 0 unspecified atom stereocenters. The van der Waals surface area contributed by atoms with E-state index in [-0.39, 0.29) is 23.8 Å². The molecule has 3 aromatic rings. The van der Waals surface area contributed by atoms with Crippen LogP contribution in [0.15, 0.2) is 41.4 Å². The minimum Gasteiger partial charge on any atom is -0.366 e. The van der Waals surface area contributed by atoms with Gasteiger partial charge in [-0.05, 0) is 42.0 Å². The fraction of sp³-hybridized carbons (Fsp3) is 0.250. The molecule has 1 aromatic carbocycles. The molecule has 0 fully saturated rings. The molecule has 27 heavy (non-hydrogen) atoms. The third-order valence-electron chi connectivity index (χ3n) is 3.89. The van der Waals surface area contributed by atoms with Crippen LogP contribution in [0.4, 0.5) is 11.6 Å². The summed E-state index contributed by atoms with van der Waals surface area (Å²) in [5.41, 5.74) is 1.88. The second-order valence-electron chi connectivity index (χ2n) is 5.96. The van der Waals surface area contributed by atoms with Gasteiger partial charge >= 0.3 is 5.82 Å². The molecule has 0 bridgehead atoms. The minimum atomic E-state index is -3.63. The number of aryl methyl sites for hydroxylation is 2. The van der Waals surface area contributed by atoms with Crippen LogP contribution in [0.25, 0.3) is 5.65 Å². The van der Waals surface area contributed by atoms with E-state index >= 15 is 0 Å². The van der Waals surface area contributed by atoms with Gasteiger partial charge in [0.2, 0.25) is 15.7 Å². The van der Waals surface area contributed by atoms with E-state index in [4.69, 9.17) is 0 Å². The summed E-state index contributed by atoms with van der Waals surface area (Å²) < 4.78 is 28.5. The molecule has 0 saturated carbocycles. The first-order chi connectivity index (χ1) is 12.8. The topological polar surface area (TPSA) is 132 Å². The smallest absolute Gasteiger partial charge is 0.366 e. The molecule has 0 spiro atoms. The van der Waals surface area contributed by atoms with E-state index in [0.717, 1.165) is 16.3 Å². The number of sulfonamides is 1. The Hall–Kier alpha value is -3.05.